The highest BCUT2D eigenvalue weighted by molar-refractivity contribution is 4.90. The van der Waals surface area contributed by atoms with Crippen molar-refractivity contribution in [3.05, 3.63) is 0 Å². The largest absolute Gasteiger partial charge is 0.396 e. The van der Waals surface area contributed by atoms with Crippen molar-refractivity contribution in [2.24, 2.45) is 5.41 Å². The molecule has 2 fully saturated rings. The van der Waals surface area contributed by atoms with Gasteiger partial charge in [0.2, 0.25) is 0 Å². The molecule has 4 heteroatoms. The van der Waals surface area contributed by atoms with Gasteiger partial charge >= 0.3 is 0 Å². The maximum absolute atomic E-state index is 9.48. The highest BCUT2D eigenvalue weighted by atomic mass is 16.5. The molecule has 18 heavy (non-hydrogen) atoms. The molecule has 106 valence electrons. The van der Waals surface area contributed by atoms with Crippen molar-refractivity contribution in [1.29, 1.82) is 0 Å². The maximum atomic E-state index is 9.48. The second-order valence-electron chi connectivity index (χ2n) is 6.14. The molecule has 0 unspecified atom stereocenters. The Balaban J connectivity index is 1.75. The Labute approximate surface area is 111 Å². The maximum Gasteiger partial charge on any atom is 0.0579 e. The van der Waals surface area contributed by atoms with Gasteiger partial charge < -0.3 is 19.6 Å². The molecule has 4 nitrogen and oxygen atoms in total. The molecular weight excluding hydrogens is 228 g/mol. The summed E-state index contributed by atoms with van der Waals surface area (Å²) in [5.41, 5.74) is 0.0231. The molecule has 0 radical (unpaired) electrons. The zero-order chi connectivity index (χ0) is 13.0. The number of nitrogens with zero attached hydrogens (tertiary/aromatic N) is 2. The lowest BCUT2D eigenvalue weighted by molar-refractivity contribution is -0.150. The molecule has 0 bridgehead atoms. The number of likely N-dealkylation sites (tertiary alicyclic amines) is 1. The van der Waals surface area contributed by atoms with Gasteiger partial charge in [-0.15, -0.1) is 0 Å². The highest BCUT2D eigenvalue weighted by Gasteiger charge is 2.40. The Morgan fingerprint density at radius 1 is 1.33 bits per heavy atom. The van der Waals surface area contributed by atoms with E-state index in [1.165, 1.54) is 38.9 Å². The van der Waals surface area contributed by atoms with E-state index in [4.69, 9.17) is 4.74 Å². The third-order valence-electron chi connectivity index (χ3n) is 4.46. The molecule has 1 N–H and O–H groups in total. The van der Waals surface area contributed by atoms with Gasteiger partial charge in [-0.3, -0.25) is 0 Å². The second-order valence-corrected chi connectivity index (χ2v) is 6.14. The molecule has 0 saturated carbocycles. The van der Waals surface area contributed by atoms with E-state index in [1.54, 1.807) is 0 Å². The first kappa shape index (κ1) is 14.3. The van der Waals surface area contributed by atoms with Crippen LogP contribution in [0.4, 0.5) is 0 Å². The van der Waals surface area contributed by atoms with Gasteiger partial charge in [-0.1, -0.05) is 6.92 Å². The zero-order valence-corrected chi connectivity index (χ0v) is 11.9. The van der Waals surface area contributed by atoms with Crippen molar-refractivity contribution in [3.8, 4) is 0 Å². The first-order chi connectivity index (χ1) is 8.69. The molecule has 2 rings (SSSR count). The SMILES string of the molecule is CCCN1CCC(N(C)CC2(CO)COC2)CC1. The minimum atomic E-state index is 0.0231. The molecule has 0 aromatic carbocycles. The van der Waals surface area contributed by atoms with Crippen LogP contribution < -0.4 is 0 Å². The molecule has 2 saturated heterocycles. The fraction of sp³-hybridized carbons (Fsp3) is 1.00. The van der Waals surface area contributed by atoms with E-state index < -0.39 is 0 Å². The molecule has 2 heterocycles. The van der Waals surface area contributed by atoms with E-state index in [0.717, 1.165) is 19.8 Å². The quantitative estimate of drug-likeness (QED) is 0.762. The van der Waals surface area contributed by atoms with Crippen LogP contribution in [-0.2, 0) is 4.74 Å². The summed E-state index contributed by atoms with van der Waals surface area (Å²) in [6, 6.07) is 0.683. The number of piperidine rings is 1. The number of rotatable bonds is 6. The van der Waals surface area contributed by atoms with Crippen LogP contribution in [0.1, 0.15) is 26.2 Å². The molecule has 0 aliphatic carbocycles. The van der Waals surface area contributed by atoms with Gasteiger partial charge in [0.1, 0.15) is 0 Å². The van der Waals surface area contributed by atoms with Crippen LogP contribution in [0.25, 0.3) is 0 Å². The number of hydrogen-bond donors (Lipinski definition) is 1. The van der Waals surface area contributed by atoms with Gasteiger partial charge in [0.25, 0.3) is 0 Å². The summed E-state index contributed by atoms with van der Waals surface area (Å²) >= 11 is 0. The number of ether oxygens (including phenoxy) is 1. The fourth-order valence-electron chi connectivity index (χ4n) is 3.18. The van der Waals surface area contributed by atoms with Gasteiger partial charge in [0, 0.05) is 12.6 Å². The number of aliphatic hydroxyl groups excluding tert-OH is 1. The Morgan fingerprint density at radius 2 is 2.00 bits per heavy atom. The van der Waals surface area contributed by atoms with Crippen LogP contribution in [0.2, 0.25) is 0 Å². The normalized spacial score (nSPS) is 25.3. The van der Waals surface area contributed by atoms with Crippen molar-refractivity contribution < 1.29 is 9.84 Å². The summed E-state index contributed by atoms with van der Waals surface area (Å²) in [7, 11) is 2.20. The summed E-state index contributed by atoms with van der Waals surface area (Å²) in [6.45, 7) is 8.63. The Kier molecular flexibility index (Phi) is 5.01. The molecule has 0 aromatic rings. The van der Waals surface area contributed by atoms with Crippen molar-refractivity contribution in [2.75, 3.05) is 53.0 Å². The lowest BCUT2D eigenvalue weighted by Gasteiger charge is -2.45. The summed E-state index contributed by atoms with van der Waals surface area (Å²) in [6.07, 6.45) is 3.78. The monoisotopic (exact) mass is 256 g/mol. The summed E-state index contributed by atoms with van der Waals surface area (Å²) in [4.78, 5) is 5.01. The van der Waals surface area contributed by atoms with E-state index in [9.17, 15) is 5.11 Å². The van der Waals surface area contributed by atoms with E-state index in [1.807, 2.05) is 0 Å². The molecule has 0 amide bonds. The summed E-state index contributed by atoms with van der Waals surface area (Å²) in [5.74, 6) is 0. The lowest BCUT2D eigenvalue weighted by Crippen LogP contribution is -2.55. The number of hydrogen-bond acceptors (Lipinski definition) is 4. The van der Waals surface area contributed by atoms with Gasteiger partial charge in [0.05, 0.1) is 25.2 Å². The zero-order valence-electron chi connectivity index (χ0n) is 11.9. The predicted molar refractivity (Wildman–Crippen MR) is 72.7 cm³/mol. The highest BCUT2D eigenvalue weighted by Crippen LogP contribution is 2.29. The second kappa shape index (κ2) is 6.33. The molecule has 0 spiro atoms. The van der Waals surface area contributed by atoms with Crippen LogP contribution >= 0.6 is 0 Å². The van der Waals surface area contributed by atoms with E-state index >= 15 is 0 Å². The molecule has 0 atom stereocenters. The van der Waals surface area contributed by atoms with Crippen LogP contribution in [0.15, 0.2) is 0 Å². The Morgan fingerprint density at radius 3 is 2.44 bits per heavy atom. The molecule has 2 aliphatic rings. The van der Waals surface area contributed by atoms with Crippen LogP contribution in [0.3, 0.4) is 0 Å². The van der Waals surface area contributed by atoms with E-state index in [2.05, 4.69) is 23.8 Å². The van der Waals surface area contributed by atoms with Gasteiger partial charge in [-0.2, -0.15) is 0 Å². The van der Waals surface area contributed by atoms with Crippen molar-refractivity contribution >= 4 is 0 Å². The standard InChI is InChI=1S/C14H28N2O2/c1-3-6-16-7-4-13(5-8-16)15(2)9-14(10-17)11-18-12-14/h13,17H,3-12H2,1-2H3. The van der Waals surface area contributed by atoms with Gasteiger partial charge in [-0.05, 0) is 45.9 Å². The number of aliphatic hydroxyl groups is 1. The Hall–Kier alpha value is -0.160. The minimum absolute atomic E-state index is 0.0231. The average molecular weight is 256 g/mol. The van der Waals surface area contributed by atoms with E-state index in [0.29, 0.717) is 6.04 Å². The van der Waals surface area contributed by atoms with Crippen LogP contribution in [0.5, 0.6) is 0 Å². The topological polar surface area (TPSA) is 35.9 Å². The van der Waals surface area contributed by atoms with E-state index in [-0.39, 0.29) is 12.0 Å². The van der Waals surface area contributed by atoms with Gasteiger partial charge in [0.15, 0.2) is 0 Å². The third-order valence-corrected chi connectivity index (χ3v) is 4.46. The van der Waals surface area contributed by atoms with Crippen molar-refractivity contribution in [1.82, 2.24) is 9.80 Å². The molecule has 2 aliphatic heterocycles. The lowest BCUT2D eigenvalue weighted by atomic mass is 9.85. The first-order valence-electron chi connectivity index (χ1n) is 7.30. The average Bonchev–Trinajstić information content (AvgIpc) is 2.35. The summed E-state index contributed by atoms with van der Waals surface area (Å²) in [5, 5.41) is 9.48. The molecular formula is C14H28N2O2. The predicted octanol–water partition coefficient (Wildman–Crippen LogP) is 0.802. The van der Waals surface area contributed by atoms with Crippen molar-refractivity contribution in [2.45, 2.75) is 32.2 Å². The first-order valence-corrected chi connectivity index (χ1v) is 7.30. The van der Waals surface area contributed by atoms with Crippen molar-refractivity contribution in [3.63, 3.8) is 0 Å². The van der Waals surface area contributed by atoms with Crippen LogP contribution in [0, 0.1) is 5.41 Å². The summed E-state index contributed by atoms with van der Waals surface area (Å²) < 4.78 is 5.27. The Bertz CT molecular complexity index is 243. The smallest absolute Gasteiger partial charge is 0.0579 e. The minimum Gasteiger partial charge on any atom is -0.396 e. The fourth-order valence-corrected chi connectivity index (χ4v) is 3.18. The molecule has 0 aromatic heterocycles. The van der Waals surface area contributed by atoms with Crippen LogP contribution in [-0.4, -0.2) is 74.0 Å². The third kappa shape index (κ3) is 3.23. The van der Waals surface area contributed by atoms with Gasteiger partial charge in [-0.25, -0.2) is 0 Å².